The van der Waals surface area contributed by atoms with Crippen LogP contribution in [0.25, 0.3) is 0 Å². The standard InChI is InChI=1S/C17H36N4O/c1-17(2,21(4)5)14-20-16(18-3)19-12-9-13-22-15-10-7-6-8-11-15/h15H,6-14H2,1-5H3,(H2,18,19,20). The van der Waals surface area contributed by atoms with Gasteiger partial charge in [-0.25, -0.2) is 0 Å². The molecule has 130 valence electrons. The minimum atomic E-state index is 0.0989. The monoisotopic (exact) mass is 312 g/mol. The molecule has 0 heterocycles. The number of likely N-dealkylation sites (N-methyl/N-ethyl adjacent to an activating group) is 1. The summed E-state index contributed by atoms with van der Waals surface area (Å²) in [5.41, 5.74) is 0.0989. The molecule has 0 atom stereocenters. The number of ether oxygens (including phenoxy) is 1. The Morgan fingerprint density at radius 1 is 1.18 bits per heavy atom. The van der Waals surface area contributed by atoms with Gasteiger partial charge in [-0.15, -0.1) is 0 Å². The SMILES string of the molecule is CN=C(NCCCOC1CCCCC1)NCC(C)(C)N(C)C. The molecule has 2 N–H and O–H groups in total. The summed E-state index contributed by atoms with van der Waals surface area (Å²) in [7, 11) is 6.01. The highest BCUT2D eigenvalue weighted by molar-refractivity contribution is 5.79. The van der Waals surface area contributed by atoms with Crippen LogP contribution in [0.5, 0.6) is 0 Å². The van der Waals surface area contributed by atoms with Gasteiger partial charge in [0.1, 0.15) is 0 Å². The van der Waals surface area contributed by atoms with Crippen LogP contribution in [0, 0.1) is 0 Å². The summed E-state index contributed by atoms with van der Waals surface area (Å²) in [5.74, 6) is 0.868. The Balaban J connectivity index is 2.11. The summed E-state index contributed by atoms with van der Waals surface area (Å²) in [5, 5.41) is 6.75. The fraction of sp³-hybridized carbons (Fsp3) is 0.941. The van der Waals surface area contributed by atoms with Gasteiger partial charge in [-0.3, -0.25) is 4.99 Å². The molecule has 0 bridgehead atoms. The zero-order chi connectivity index (χ0) is 16.4. The first-order valence-electron chi connectivity index (χ1n) is 8.69. The number of hydrogen-bond acceptors (Lipinski definition) is 3. The molecule has 0 amide bonds. The van der Waals surface area contributed by atoms with Crippen molar-refractivity contribution in [2.24, 2.45) is 4.99 Å². The van der Waals surface area contributed by atoms with Crippen molar-refractivity contribution in [3.8, 4) is 0 Å². The maximum Gasteiger partial charge on any atom is 0.191 e. The van der Waals surface area contributed by atoms with Gasteiger partial charge >= 0.3 is 0 Å². The Kier molecular flexibility index (Phi) is 8.79. The largest absolute Gasteiger partial charge is 0.378 e. The van der Waals surface area contributed by atoms with E-state index in [4.69, 9.17) is 4.74 Å². The Labute approximate surface area is 136 Å². The summed E-state index contributed by atoms with van der Waals surface area (Å²) >= 11 is 0. The lowest BCUT2D eigenvalue weighted by molar-refractivity contribution is 0.0277. The Morgan fingerprint density at radius 3 is 2.45 bits per heavy atom. The molecule has 0 aromatic heterocycles. The second kappa shape index (κ2) is 10.1. The molecule has 5 heteroatoms. The fourth-order valence-electron chi connectivity index (χ4n) is 2.44. The second-order valence-electron chi connectivity index (χ2n) is 7.04. The van der Waals surface area contributed by atoms with E-state index in [1.807, 2.05) is 7.05 Å². The van der Waals surface area contributed by atoms with Crippen LogP contribution in [0.4, 0.5) is 0 Å². The van der Waals surface area contributed by atoms with Crippen molar-refractivity contribution in [3.63, 3.8) is 0 Å². The van der Waals surface area contributed by atoms with Gasteiger partial charge < -0.3 is 20.3 Å². The number of rotatable bonds is 8. The van der Waals surface area contributed by atoms with Gasteiger partial charge in [0.15, 0.2) is 5.96 Å². The van der Waals surface area contributed by atoms with Crippen LogP contribution < -0.4 is 10.6 Å². The molecule has 0 spiro atoms. The lowest BCUT2D eigenvalue weighted by Gasteiger charge is -2.33. The minimum Gasteiger partial charge on any atom is -0.378 e. The van der Waals surface area contributed by atoms with E-state index in [1.54, 1.807) is 0 Å². The van der Waals surface area contributed by atoms with Crippen molar-refractivity contribution in [1.82, 2.24) is 15.5 Å². The van der Waals surface area contributed by atoms with Crippen molar-refractivity contribution in [3.05, 3.63) is 0 Å². The number of nitrogens with zero attached hydrogens (tertiary/aromatic N) is 2. The molecule has 1 fully saturated rings. The van der Waals surface area contributed by atoms with Gasteiger partial charge in [0.05, 0.1) is 6.10 Å². The van der Waals surface area contributed by atoms with Gasteiger partial charge in [0.25, 0.3) is 0 Å². The normalized spacial score (nSPS) is 17.8. The summed E-state index contributed by atoms with van der Waals surface area (Å²) in [4.78, 5) is 6.49. The molecule has 1 rings (SSSR count). The molecular weight excluding hydrogens is 276 g/mol. The van der Waals surface area contributed by atoms with E-state index in [0.717, 1.165) is 32.1 Å². The molecule has 5 nitrogen and oxygen atoms in total. The molecule has 0 aromatic carbocycles. The average Bonchev–Trinajstić information content (AvgIpc) is 2.50. The van der Waals surface area contributed by atoms with E-state index in [1.165, 1.54) is 32.1 Å². The molecule has 1 aliphatic carbocycles. The van der Waals surface area contributed by atoms with Crippen molar-refractivity contribution in [1.29, 1.82) is 0 Å². The number of nitrogens with one attached hydrogen (secondary N) is 2. The number of guanidine groups is 1. The van der Waals surface area contributed by atoms with Crippen molar-refractivity contribution < 1.29 is 4.74 Å². The summed E-state index contributed by atoms with van der Waals surface area (Å²) < 4.78 is 5.94. The van der Waals surface area contributed by atoms with Crippen molar-refractivity contribution in [2.75, 3.05) is 40.8 Å². The Morgan fingerprint density at radius 2 is 1.86 bits per heavy atom. The zero-order valence-corrected chi connectivity index (χ0v) is 15.2. The smallest absolute Gasteiger partial charge is 0.191 e. The van der Waals surface area contributed by atoms with E-state index in [-0.39, 0.29) is 5.54 Å². The third kappa shape index (κ3) is 7.45. The van der Waals surface area contributed by atoms with Crippen molar-refractivity contribution in [2.45, 2.75) is 64.0 Å². The van der Waals surface area contributed by atoms with Crippen LogP contribution in [0.15, 0.2) is 4.99 Å². The van der Waals surface area contributed by atoms with E-state index >= 15 is 0 Å². The molecule has 0 aromatic rings. The summed E-state index contributed by atoms with van der Waals surface area (Å²) in [6.45, 7) is 7.03. The van der Waals surface area contributed by atoms with Gasteiger partial charge in [-0.2, -0.15) is 0 Å². The van der Waals surface area contributed by atoms with E-state index in [0.29, 0.717) is 6.10 Å². The second-order valence-corrected chi connectivity index (χ2v) is 7.04. The third-order valence-electron chi connectivity index (χ3n) is 4.64. The molecule has 0 radical (unpaired) electrons. The fourth-order valence-corrected chi connectivity index (χ4v) is 2.44. The number of aliphatic imine (C=N–C) groups is 1. The average molecular weight is 313 g/mol. The molecule has 0 unspecified atom stereocenters. The Bertz CT molecular complexity index is 323. The highest BCUT2D eigenvalue weighted by Gasteiger charge is 2.20. The first-order valence-corrected chi connectivity index (χ1v) is 8.69. The molecule has 0 aliphatic heterocycles. The third-order valence-corrected chi connectivity index (χ3v) is 4.64. The topological polar surface area (TPSA) is 48.9 Å². The highest BCUT2D eigenvalue weighted by Crippen LogP contribution is 2.20. The van der Waals surface area contributed by atoms with Gasteiger partial charge in [-0.05, 0) is 47.2 Å². The van der Waals surface area contributed by atoms with Crippen LogP contribution in [0.2, 0.25) is 0 Å². The molecule has 22 heavy (non-hydrogen) atoms. The van der Waals surface area contributed by atoms with Gasteiger partial charge in [0.2, 0.25) is 0 Å². The van der Waals surface area contributed by atoms with Crippen LogP contribution in [-0.2, 0) is 4.74 Å². The van der Waals surface area contributed by atoms with E-state index in [9.17, 15) is 0 Å². The van der Waals surface area contributed by atoms with Crippen LogP contribution >= 0.6 is 0 Å². The summed E-state index contributed by atoms with van der Waals surface area (Å²) in [6.07, 6.45) is 8.07. The molecular formula is C17H36N4O. The number of hydrogen-bond donors (Lipinski definition) is 2. The van der Waals surface area contributed by atoms with E-state index in [2.05, 4.69) is 48.5 Å². The summed E-state index contributed by atoms with van der Waals surface area (Å²) in [6, 6.07) is 0. The van der Waals surface area contributed by atoms with Crippen LogP contribution in [0.3, 0.4) is 0 Å². The molecule has 1 aliphatic rings. The lowest BCUT2D eigenvalue weighted by atomic mass is 9.98. The molecule has 0 saturated heterocycles. The van der Waals surface area contributed by atoms with Crippen LogP contribution in [0.1, 0.15) is 52.4 Å². The maximum atomic E-state index is 5.94. The first kappa shape index (κ1) is 19.2. The maximum absolute atomic E-state index is 5.94. The predicted molar refractivity (Wildman–Crippen MR) is 94.6 cm³/mol. The predicted octanol–water partition coefficient (Wildman–Crippen LogP) is 2.23. The van der Waals surface area contributed by atoms with Crippen LogP contribution in [-0.4, -0.2) is 63.3 Å². The van der Waals surface area contributed by atoms with Gasteiger partial charge in [0, 0.05) is 32.3 Å². The highest BCUT2D eigenvalue weighted by atomic mass is 16.5. The minimum absolute atomic E-state index is 0.0989. The Hall–Kier alpha value is -0.810. The van der Waals surface area contributed by atoms with E-state index < -0.39 is 0 Å². The zero-order valence-electron chi connectivity index (χ0n) is 15.2. The quantitative estimate of drug-likeness (QED) is 0.410. The first-order chi connectivity index (χ1) is 10.5. The lowest BCUT2D eigenvalue weighted by Crippen LogP contribution is -2.51. The van der Waals surface area contributed by atoms with Crippen molar-refractivity contribution >= 4 is 5.96 Å². The van der Waals surface area contributed by atoms with Gasteiger partial charge in [-0.1, -0.05) is 19.3 Å². The molecule has 1 saturated carbocycles.